The highest BCUT2D eigenvalue weighted by molar-refractivity contribution is 7.07. The molecular formula is C22H29N5O3S. The maximum Gasteiger partial charge on any atom is 0.325 e. The van der Waals surface area contributed by atoms with Crippen LogP contribution >= 0.6 is 11.3 Å². The van der Waals surface area contributed by atoms with Gasteiger partial charge in [0.05, 0.1) is 12.2 Å². The van der Waals surface area contributed by atoms with E-state index in [0.717, 1.165) is 24.1 Å². The number of piperidine rings is 1. The summed E-state index contributed by atoms with van der Waals surface area (Å²) in [4.78, 5) is 41.9. The molecule has 2 aromatic heterocycles. The van der Waals surface area contributed by atoms with Gasteiger partial charge in [-0.25, -0.2) is 4.79 Å². The number of likely N-dealkylation sites (tertiary alicyclic amines) is 1. The van der Waals surface area contributed by atoms with E-state index in [1.165, 1.54) is 4.90 Å². The Morgan fingerprint density at radius 1 is 1.32 bits per heavy atom. The molecule has 2 aromatic rings. The van der Waals surface area contributed by atoms with Gasteiger partial charge in [0.1, 0.15) is 11.2 Å². The molecule has 1 atom stereocenters. The number of carbonyl (C=O) groups is 3. The molecule has 31 heavy (non-hydrogen) atoms. The maximum atomic E-state index is 13.2. The number of amides is 4. The summed E-state index contributed by atoms with van der Waals surface area (Å²) in [5.74, 6) is -0.214. The normalized spacial score (nSPS) is 22.3. The van der Waals surface area contributed by atoms with Crippen LogP contribution < -0.4 is 5.32 Å². The van der Waals surface area contributed by atoms with Crippen molar-refractivity contribution >= 4 is 29.2 Å². The van der Waals surface area contributed by atoms with E-state index in [1.54, 1.807) is 23.1 Å². The smallest absolute Gasteiger partial charge is 0.325 e. The third-order valence-electron chi connectivity index (χ3n) is 6.48. The molecule has 9 heteroatoms. The minimum atomic E-state index is -0.928. The summed E-state index contributed by atoms with van der Waals surface area (Å²) in [6.45, 7) is 5.32. The van der Waals surface area contributed by atoms with Crippen LogP contribution in [-0.2, 0) is 24.8 Å². The number of nitrogens with zero attached hydrogens (tertiary/aromatic N) is 4. The van der Waals surface area contributed by atoms with Crippen LogP contribution in [0.3, 0.4) is 0 Å². The summed E-state index contributed by atoms with van der Waals surface area (Å²) in [5, 5.41) is 11.3. The zero-order valence-electron chi connectivity index (χ0n) is 18.3. The van der Waals surface area contributed by atoms with Gasteiger partial charge in [0.2, 0.25) is 0 Å². The van der Waals surface area contributed by atoms with Crippen LogP contribution in [0.25, 0.3) is 0 Å². The molecule has 0 unspecified atom stereocenters. The van der Waals surface area contributed by atoms with Crippen LogP contribution in [0.5, 0.6) is 0 Å². The summed E-state index contributed by atoms with van der Waals surface area (Å²) in [6.07, 6.45) is 3.17. The van der Waals surface area contributed by atoms with Gasteiger partial charge in [0.15, 0.2) is 0 Å². The minimum Gasteiger partial charge on any atom is -0.337 e. The van der Waals surface area contributed by atoms with Crippen LogP contribution in [-0.4, -0.2) is 56.1 Å². The lowest BCUT2D eigenvalue weighted by molar-refractivity contribution is -0.133. The van der Waals surface area contributed by atoms with Crippen molar-refractivity contribution in [1.82, 2.24) is 24.9 Å². The summed E-state index contributed by atoms with van der Waals surface area (Å²) in [6, 6.07) is 3.47. The summed E-state index contributed by atoms with van der Waals surface area (Å²) >= 11 is 1.55. The van der Waals surface area contributed by atoms with E-state index in [4.69, 9.17) is 0 Å². The van der Waals surface area contributed by atoms with E-state index < -0.39 is 5.54 Å². The number of aromatic nitrogens is 2. The third kappa shape index (κ3) is 3.98. The first-order chi connectivity index (χ1) is 14.8. The molecule has 166 valence electrons. The highest BCUT2D eigenvalue weighted by Crippen LogP contribution is 2.34. The monoisotopic (exact) mass is 443 g/mol. The zero-order valence-corrected chi connectivity index (χ0v) is 19.1. The fraction of sp³-hybridized carbons (Fsp3) is 0.545. The predicted octanol–water partition coefficient (Wildman–Crippen LogP) is 2.80. The standard InChI is InChI=1S/C22H29N5O3S/c1-4-5-17-12-18(25(3)24-17)19(28)26-9-6-16(7-10-26)22(2)20(29)27(21(30)23-22)13-15-8-11-31-14-15/h8,11-12,14,16H,4-7,9-10,13H2,1-3H3,(H,23,30)/t22-/m1/s1. The SMILES string of the molecule is CCCc1cc(C(=O)N2CCC([C@@]3(C)NC(=O)N(Cc4ccsc4)C3=O)CC2)n(C)n1. The fourth-order valence-corrected chi connectivity index (χ4v) is 5.29. The number of thiophene rings is 1. The lowest BCUT2D eigenvalue weighted by atomic mass is 9.79. The Morgan fingerprint density at radius 2 is 2.06 bits per heavy atom. The minimum absolute atomic E-state index is 0.0114. The summed E-state index contributed by atoms with van der Waals surface area (Å²) in [5.41, 5.74) is 1.56. The van der Waals surface area contributed by atoms with Crippen LogP contribution in [0.15, 0.2) is 22.9 Å². The number of rotatable bonds is 6. The molecule has 8 nitrogen and oxygen atoms in total. The molecular weight excluding hydrogens is 414 g/mol. The first-order valence-electron chi connectivity index (χ1n) is 10.8. The number of imide groups is 1. The van der Waals surface area contributed by atoms with Gasteiger partial charge in [-0.1, -0.05) is 13.3 Å². The molecule has 0 aliphatic carbocycles. The van der Waals surface area contributed by atoms with E-state index >= 15 is 0 Å². The number of urea groups is 1. The van der Waals surface area contributed by atoms with E-state index in [1.807, 2.05) is 34.7 Å². The van der Waals surface area contributed by atoms with Crippen molar-refractivity contribution in [2.45, 2.75) is 51.6 Å². The predicted molar refractivity (Wildman–Crippen MR) is 118 cm³/mol. The van der Waals surface area contributed by atoms with E-state index in [0.29, 0.717) is 38.2 Å². The largest absolute Gasteiger partial charge is 0.337 e. The number of nitrogens with one attached hydrogen (secondary N) is 1. The molecule has 0 radical (unpaired) electrons. The lowest BCUT2D eigenvalue weighted by Crippen LogP contribution is -2.54. The van der Waals surface area contributed by atoms with Crippen LogP contribution in [0.2, 0.25) is 0 Å². The number of hydrogen-bond donors (Lipinski definition) is 1. The molecule has 2 aliphatic heterocycles. The van der Waals surface area contributed by atoms with Gasteiger partial charge in [-0.2, -0.15) is 16.4 Å². The Morgan fingerprint density at radius 3 is 2.71 bits per heavy atom. The molecule has 0 aromatic carbocycles. The average molecular weight is 444 g/mol. The highest BCUT2D eigenvalue weighted by atomic mass is 32.1. The quantitative estimate of drug-likeness (QED) is 0.696. The molecule has 2 saturated heterocycles. The van der Waals surface area contributed by atoms with Crippen molar-refractivity contribution in [1.29, 1.82) is 0 Å². The number of hydrogen-bond acceptors (Lipinski definition) is 5. The first-order valence-corrected chi connectivity index (χ1v) is 11.7. The van der Waals surface area contributed by atoms with Crippen molar-refractivity contribution in [3.63, 3.8) is 0 Å². The van der Waals surface area contributed by atoms with Crippen molar-refractivity contribution in [2.75, 3.05) is 13.1 Å². The number of carbonyl (C=O) groups excluding carboxylic acids is 3. The Bertz CT molecular complexity index is 977. The summed E-state index contributed by atoms with van der Waals surface area (Å²) < 4.78 is 1.66. The molecule has 4 amide bonds. The van der Waals surface area contributed by atoms with Gasteiger partial charge in [0.25, 0.3) is 11.8 Å². The van der Waals surface area contributed by atoms with E-state index in [2.05, 4.69) is 17.3 Å². The van der Waals surface area contributed by atoms with Gasteiger partial charge in [0, 0.05) is 20.1 Å². The van der Waals surface area contributed by atoms with Gasteiger partial charge in [-0.15, -0.1) is 0 Å². The van der Waals surface area contributed by atoms with Gasteiger partial charge in [-0.05, 0) is 60.6 Å². The molecule has 4 rings (SSSR count). The van der Waals surface area contributed by atoms with E-state index in [9.17, 15) is 14.4 Å². The van der Waals surface area contributed by atoms with Crippen molar-refractivity contribution in [3.05, 3.63) is 39.8 Å². The van der Waals surface area contributed by atoms with Crippen LogP contribution in [0.4, 0.5) is 4.79 Å². The second-order valence-corrected chi connectivity index (χ2v) is 9.40. The Balaban J connectivity index is 1.40. The first kappa shape index (κ1) is 21.5. The Hall–Kier alpha value is -2.68. The average Bonchev–Trinajstić information content (AvgIpc) is 3.45. The van der Waals surface area contributed by atoms with Gasteiger partial charge >= 0.3 is 6.03 Å². The molecule has 4 heterocycles. The second-order valence-electron chi connectivity index (χ2n) is 8.62. The molecule has 0 bridgehead atoms. The van der Waals surface area contributed by atoms with Crippen LogP contribution in [0.1, 0.15) is 54.9 Å². The highest BCUT2D eigenvalue weighted by Gasteiger charge is 2.52. The lowest BCUT2D eigenvalue weighted by Gasteiger charge is -2.38. The molecule has 2 fully saturated rings. The molecule has 2 aliphatic rings. The molecule has 0 spiro atoms. The second kappa shape index (κ2) is 8.45. The third-order valence-corrected chi connectivity index (χ3v) is 7.21. The molecule has 0 saturated carbocycles. The Labute approximate surface area is 186 Å². The van der Waals surface area contributed by atoms with Gasteiger partial charge < -0.3 is 10.2 Å². The van der Waals surface area contributed by atoms with Crippen molar-refractivity contribution in [3.8, 4) is 0 Å². The maximum absolute atomic E-state index is 13.2. The van der Waals surface area contributed by atoms with E-state index in [-0.39, 0.29) is 23.8 Å². The van der Waals surface area contributed by atoms with Gasteiger partial charge in [-0.3, -0.25) is 19.2 Å². The topological polar surface area (TPSA) is 87.5 Å². The Kier molecular flexibility index (Phi) is 5.88. The molecule has 1 N–H and O–H groups in total. The summed E-state index contributed by atoms with van der Waals surface area (Å²) in [7, 11) is 1.80. The zero-order chi connectivity index (χ0) is 22.2. The number of aryl methyl sites for hydroxylation is 2. The van der Waals surface area contributed by atoms with Crippen molar-refractivity contribution < 1.29 is 14.4 Å². The van der Waals surface area contributed by atoms with Crippen molar-refractivity contribution in [2.24, 2.45) is 13.0 Å². The van der Waals surface area contributed by atoms with Crippen LogP contribution in [0, 0.1) is 5.92 Å². The fourth-order valence-electron chi connectivity index (χ4n) is 4.63.